The van der Waals surface area contributed by atoms with E-state index in [0.29, 0.717) is 32.5 Å². The molecule has 0 radical (unpaired) electrons. The van der Waals surface area contributed by atoms with Gasteiger partial charge in [-0.1, -0.05) is 31.2 Å². The van der Waals surface area contributed by atoms with E-state index in [1.165, 1.54) is 12.1 Å². The van der Waals surface area contributed by atoms with Gasteiger partial charge in [0.25, 0.3) is 0 Å². The van der Waals surface area contributed by atoms with Crippen LogP contribution in [0.3, 0.4) is 0 Å². The predicted octanol–water partition coefficient (Wildman–Crippen LogP) is 3.72. The van der Waals surface area contributed by atoms with Crippen LogP contribution in [0.5, 0.6) is 5.75 Å². The highest BCUT2D eigenvalue weighted by atomic mass is 19.1. The Hall–Kier alpha value is -2.40. The third kappa shape index (κ3) is 5.30. The lowest BCUT2D eigenvalue weighted by Crippen LogP contribution is -2.48. The summed E-state index contributed by atoms with van der Waals surface area (Å²) in [5.74, 6) is 0.702. The number of hydrogen-bond acceptors (Lipinski definition) is 3. The number of halogens is 1. The van der Waals surface area contributed by atoms with E-state index in [0.717, 1.165) is 29.8 Å². The molecule has 144 valence electrons. The van der Waals surface area contributed by atoms with Crippen molar-refractivity contribution in [3.63, 3.8) is 0 Å². The molecule has 1 saturated heterocycles. The summed E-state index contributed by atoms with van der Waals surface area (Å²) in [5.41, 5.74) is 1.96. The lowest BCUT2D eigenvalue weighted by Gasteiger charge is -2.36. The first-order chi connectivity index (χ1) is 13.2. The van der Waals surface area contributed by atoms with Gasteiger partial charge in [-0.25, -0.2) is 4.39 Å². The molecule has 4 nitrogen and oxygen atoms in total. The second kappa shape index (κ2) is 9.51. The number of rotatable bonds is 7. The van der Waals surface area contributed by atoms with Crippen molar-refractivity contribution in [3.8, 4) is 5.75 Å². The van der Waals surface area contributed by atoms with Gasteiger partial charge >= 0.3 is 0 Å². The third-order valence-electron chi connectivity index (χ3n) is 4.82. The fourth-order valence-corrected chi connectivity index (χ4v) is 3.38. The van der Waals surface area contributed by atoms with Gasteiger partial charge in [-0.2, -0.15) is 0 Å². The van der Waals surface area contributed by atoms with Crippen LogP contribution in [-0.4, -0.2) is 37.0 Å². The van der Waals surface area contributed by atoms with E-state index >= 15 is 0 Å². The molecule has 1 unspecified atom stereocenters. The van der Waals surface area contributed by atoms with Crippen LogP contribution in [0.1, 0.15) is 36.9 Å². The fourth-order valence-electron chi connectivity index (χ4n) is 3.38. The molecule has 1 heterocycles. The number of nitrogens with one attached hydrogen (secondary N) is 1. The summed E-state index contributed by atoms with van der Waals surface area (Å²) in [4.78, 5) is 14.7. The molecule has 0 saturated carbocycles. The molecule has 0 aliphatic carbocycles. The molecule has 1 N–H and O–H groups in total. The average Bonchev–Trinajstić information content (AvgIpc) is 2.71. The molecule has 0 bridgehead atoms. The molecule has 0 spiro atoms. The number of piperazine rings is 1. The van der Waals surface area contributed by atoms with Gasteiger partial charge < -0.3 is 15.0 Å². The van der Waals surface area contributed by atoms with Crippen LogP contribution >= 0.6 is 0 Å². The van der Waals surface area contributed by atoms with Crippen molar-refractivity contribution >= 4 is 5.91 Å². The predicted molar refractivity (Wildman–Crippen MR) is 104 cm³/mol. The van der Waals surface area contributed by atoms with E-state index in [1.807, 2.05) is 35.2 Å². The Morgan fingerprint density at radius 1 is 1.26 bits per heavy atom. The highest BCUT2D eigenvalue weighted by Crippen LogP contribution is 2.24. The van der Waals surface area contributed by atoms with Gasteiger partial charge in [-0.05, 0) is 48.2 Å². The van der Waals surface area contributed by atoms with E-state index in [2.05, 4.69) is 12.2 Å². The second-order valence-electron chi connectivity index (χ2n) is 6.85. The maximum absolute atomic E-state index is 13.6. The molecular weight excluding hydrogens is 343 g/mol. The van der Waals surface area contributed by atoms with Crippen molar-refractivity contribution in [3.05, 3.63) is 65.5 Å². The van der Waals surface area contributed by atoms with Crippen LogP contribution in [0.25, 0.3) is 0 Å². The lowest BCUT2D eigenvalue weighted by molar-refractivity contribution is -0.134. The van der Waals surface area contributed by atoms with E-state index in [4.69, 9.17) is 4.74 Å². The molecular formula is C22H27FN2O2. The summed E-state index contributed by atoms with van der Waals surface area (Å²) in [7, 11) is 0. The van der Waals surface area contributed by atoms with E-state index in [-0.39, 0.29) is 17.8 Å². The van der Waals surface area contributed by atoms with Crippen molar-refractivity contribution < 1.29 is 13.9 Å². The number of amides is 1. The van der Waals surface area contributed by atoms with Gasteiger partial charge in [-0.3, -0.25) is 4.79 Å². The van der Waals surface area contributed by atoms with Crippen LogP contribution in [0.2, 0.25) is 0 Å². The normalized spacial score (nSPS) is 17.0. The number of carbonyl (C=O) groups excluding carboxylic acids is 1. The van der Waals surface area contributed by atoms with Gasteiger partial charge in [0.15, 0.2) is 0 Å². The molecule has 1 aliphatic rings. The maximum atomic E-state index is 13.6. The average molecular weight is 370 g/mol. The molecule has 27 heavy (non-hydrogen) atoms. The van der Waals surface area contributed by atoms with E-state index < -0.39 is 0 Å². The smallest absolute Gasteiger partial charge is 0.223 e. The summed E-state index contributed by atoms with van der Waals surface area (Å²) < 4.78 is 19.2. The quantitative estimate of drug-likeness (QED) is 0.808. The SMILES string of the molecule is CCCOc1ccc(CCC(=O)N2CCNCC2c2cccc(F)c2)cc1. The van der Waals surface area contributed by atoms with Crippen LogP contribution < -0.4 is 10.1 Å². The number of aryl methyl sites for hydroxylation is 1. The highest BCUT2D eigenvalue weighted by Gasteiger charge is 2.27. The van der Waals surface area contributed by atoms with Crippen molar-refractivity contribution in [2.75, 3.05) is 26.2 Å². The summed E-state index contributed by atoms with van der Waals surface area (Å²) in [6.45, 7) is 4.85. The second-order valence-corrected chi connectivity index (χ2v) is 6.85. The Morgan fingerprint density at radius 3 is 2.81 bits per heavy atom. The molecule has 1 atom stereocenters. The minimum Gasteiger partial charge on any atom is -0.494 e. The van der Waals surface area contributed by atoms with Crippen molar-refractivity contribution in [2.24, 2.45) is 0 Å². The van der Waals surface area contributed by atoms with Crippen LogP contribution in [-0.2, 0) is 11.2 Å². The monoisotopic (exact) mass is 370 g/mol. The number of benzene rings is 2. The van der Waals surface area contributed by atoms with Crippen molar-refractivity contribution in [1.29, 1.82) is 0 Å². The molecule has 2 aromatic carbocycles. The first-order valence-electron chi connectivity index (χ1n) is 9.64. The minimum absolute atomic E-state index is 0.108. The Bertz CT molecular complexity index is 748. The van der Waals surface area contributed by atoms with Gasteiger partial charge in [-0.15, -0.1) is 0 Å². The van der Waals surface area contributed by atoms with Crippen LogP contribution in [0.4, 0.5) is 4.39 Å². The number of nitrogens with zero attached hydrogens (tertiary/aromatic N) is 1. The summed E-state index contributed by atoms with van der Waals surface area (Å²) in [5, 5.41) is 3.30. The molecule has 0 aromatic heterocycles. The highest BCUT2D eigenvalue weighted by molar-refractivity contribution is 5.77. The molecule has 3 rings (SSSR count). The zero-order chi connectivity index (χ0) is 19.1. The third-order valence-corrected chi connectivity index (χ3v) is 4.82. The van der Waals surface area contributed by atoms with Gasteiger partial charge in [0.1, 0.15) is 11.6 Å². The Labute approximate surface area is 160 Å². The van der Waals surface area contributed by atoms with Crippen LogP contribution in [0, 0.1) is 5.82 Å². The van der Waals surface area contributed by atoms with Crippen molar-refractivity contribution in [1.82, 2.24) is 10.2 Å². The molecule has 1 fully saturated rings. The number of carbonyl (C=O) groups is 1. The largest absolute Gasteiger partial charge is 0.494 e. The van der Waals surface area contributed by atoms with Gasteiger partial charge in [0.05, 0.1) is 12.6 Å². The van der Waals surface area contributed by atoms with E-state index in [9.17, 15) is 9.18 Å². The fraction of sp³-hybridized carbons (Fsp3) is 0.409. The summed E-state index contributed by atoms with van der Waals surface area (Å²) in [6.07, 6.45) is 2.11. The zero-order valence-electron chi connectivity index (χ0n) is 15.8. The number of ether oxygens (including phenoxy) is 1. The van der Waals surface area contributed by atoms with Crippen molar-refractivity contribution in [2.45, 2.75) is 32.2 Å². The minimum atomic E-state index is -0.268. The summed E-state index contributed by atoms with van der Waals surface area (Å²) in [6, 6.07) is 14.4. The number of hydrogen-bond donors (Lipinski definition) is 1. The maximum Gasteiger partial charge on any atom is 0.223 e. The van der Waals surface area contributed by atoms with E-state index in [1.54, 1.807) is 6.07 Å². The molecule has 1 aliphatic heterocycles. The first kappa shape index (κ1) is 19.4. The Morgan fingerprint density at radius 2 is 2.07 bits per heavy atom. The zero-order valence-corrected chi connectivity index (χ0v) is 15.8. The summed E-state index contributed by atoms with van der Waals surface area (Å²) >= 11 is 0. The Balaban J connectivity index is 1.60. The lowest BCUT2D eigenvalue weighted by atomic mass is 10.0. The molecule has 1 amide bonds. The molecule has 2 aromatic rings. The topological polar surface area (TPSA) is 41.6 Å². The standard InChI is InChI=1S/C22H27FN2O2/c1-2-14-27-20-9-6-17(7-10-20)8-11-22(26)25-13-12-24-16-21(25)18-4-3-5-19(23)15-18/h3-7,9-10,15,21,24H,2,8,11-14,16H2,1H3. The molecule has 5 heteroatoms. The Kier molecular flexibility index (Phi) is 6.82. The first-order valence-corrected chi connectivity index (χ1v) is 9.64. The van der Waals surface area contributed by atoms with Crippen LogP contribution in [0.15, 0.2) is 48.5 Å². The van der Waals surface area contributed by atoms with Gasteiger partial charge in [0.2, 0.25) is 5.91 Å². The van der Waals surface area contributed by atoms with Gasteiger partial charge in [0, 0.05) is 26.1 Å².